The van der Waals surface area contributed by atoms with E-state index in [4.69, 9.17) is 0 Å². The fraction of sp³-hybridized carbons (Fsp3) is 1.00. The minimum Gasteiger partial charge on any atom is -0.315 e. The Hall–Kier alpha value is -0.0800. The van der Waals surface area contributed by atoms with Crippen LogP contribution in [0.2, 0.25) is 0 Å². The van der Waals surface area contributed by atoms with Gasteiger partial charge in [0.15, 0.2) is 0 Å². The molecule has 1 N–H and O–H groups in total. The Balaban J connectivity index is 1.56. The SMILES string of the molecule is CC(CNCC1CCC1)N1CCCCC1. The van der Waals surface area contributed by atoms with Gasteiger partial charge in [0, 0.05) is 12.6 Å². The van der Waals surface area contributed by atoms with Crippen LogP contribution in [0.4, 0.5) is 0 Å². The van der Waals surface area contributed by atoms with Crippen molar-refractivity contribution in [2.24, 2.45) is 5.92 Å². The summed E-state index contributed by atoms with van der Waals surface area (Å²) in [5.74, 6) is 0.999. The smallest absolute Gasteiger partial charge is 0.0192 e. The maximum Gasteiger partial charge on any atom is 0.0192 e. The van der Waals surface area contributed by atoms with Crippen LogP contribution in [-0.4, -0.2) is 37.1 Å². The van der Waals surface area contributed by atoms with Gasteiger partial charge in [-0.25, -0.2) is 0 Å². The molecule has 1 aliphatic carbocycles. The Morgan fingerprint density at radius 3 is 2.47 bits per heavy atom. The van der Waals surface area contributed by atoms with Gasteiger partial charge in [-0.3, -0.25) is 4.90 Å². The van der Waals surface area contributed by atoms with Crippen LogP contribution in [0.15, 0.2) is 0 Å². The van der Waals surface area contributed by atoms with E-state index in [1.165, 1.54) is 64.7 Å². The Morgan fingerprint density at radius 2 is 1.87 bits per heavy atom. The summed E-state index contributed by atoms with van der Waals surface area (Å²) in [6.45, 7) is 7.48. The van der Waals surface area contributed by atoms with Crippen molar-refractivity contribution in [1.29, 1.82) is 0 Å². The predicted octanol–water partition coefficient (Wildman–Crippen LogP) is 2.25. The van der Waals surface area contributed by atoms with Gasteiger partial charge in [-0.15, -0.1) is 0 Å². The molecule has 2 nitrogen and oxygen atoms in total. The molecule has 1 heterocycles. The van der Waals surface area contributed by atoms with Crippen molar-refractivity contribution in [2.75, 3.05) is 26.2 Å². The molecule has 0 aromatic carbocycles. The van der Waals surface area contributed by atoms with Crippen molar-refractivity contribution in [2.45, 2.75) is 51.5 Å². The Bertz CT molecular complexity index is 171. The maximum absolute atomic E-state index is 3.64. The molecule has 1 unspecified atom stereocenters. The monoisotopic (exact) mass is 210 g/mol. The summed E-state index contributed by atoms with van der Waals surface area (Å²) < 4.78 is 0. The molecule has 0 spiro atoms. The zero-order valence-electron chi connectivity index (χ0n) is 10.2. The fourth-order valence-electron chi connectivity index (χ4n) is 2.68. The summed E-state index contributed by atoms with van der Waals surface area (Å²) in [4.78, 5) is 2.65. The first-order chi connectivity index (χ1) is 7.36. The average molecular weight is 210 g/mol. The first-order valence-corrected chi connectivity index (χ1v) is 6.81. The van der Waals surface area contributed by atoms with Crippen molar-refractivity contribution < 1.29 is 0 Å². The predicted molar refractivity (Wildman–Crippen MR) is 65.1 cm³/mol. The fourth-order valence-corrected chi connectivity index (χ4v) is 2.68. The maximum atomic E-state index is 3.64. The van der Waals surface area contributed by atoms with Crippen LogP contribution in [0, 0.1) is 5.92 Å². The molecule has 2 rings (SSSR count). The van der Waals surface area contributed by atoms with E-state index in [9.17, 15) is 0 Å². The van der Waals surface area contributed by atoms with Gasteiger partial charge in [0.05, 0.1) is 0 Å². The van der Waals surface area contributed by atoms with Gasteiger partial charge in [0.25, 0.3) is 0 Å². The van der Waals surface area contributed by atoms with Gasteiger partial charge >= 0.3 is 0 Å². The van der Waals surface area contributed by atoms with E-state index in [2.05, 4.69) is 17.1 Å². The van der Waals surface area contributed by atoms with Crippen molar-refractivity contribution in [3.63, 3.8) is 0 Å². The summed E-state index contributed by atoms with van der Waals surface area (Å²) in [6, 6.07) is 0.741. The van der Waals surface area contributed by atoms with Gasteiger partial charge in [-0.2, -0.15) is 0 Å². The van der Waals surface area contributed by atoms with E-state index in [1.54, 1.807) is 0 Å². The molecular formula is C13H26N2. The number of likely N-dealkylation sites (tertiary alicyclic amines) is 1. The lowest BCUT2D eigenvalue weighted by Gasteiger charge is -2.33. The van der Waals surface area contributed by atoms with Gasteiger partial charge in [-0.05, 0) is 58.2 Å². The summed E-state index contributed by atoms with van der Waals surface area (Å²) in [6.07, 6.45) is 8.66. The van der Waals surface area contributed by atoms with Crippen LogP contribution in [-0.2, 0) is 0 Å². The Kier molecular flexibility index (Phi) is 4.45. The zero-order chi connectivity index (χ0) is 10.5. The topological polar surface area (TPSA) is 15.3 Å². The highest BCUT2D eigenvalue weighted by Crippen LogP contribution is 2.25. The lowest BCUT2D eigenvalue weighted by atomic mass is 9.85. The molecule has 1 aliphatic heterocycles. The van der Waals surface area contributed by atoms with Crippen molar-refractivity contribution in [3.8, 4) is 0 Å². The number of piperidine rings is 1. The summed E-state index contributed by atoms with van der Waals surface area (Å²) in [5.41, 5.74) is 0. The minimum atomic E-state index is 0.741. The Morgan fingerprint density at radius 1 is 1.13 bits per heavy atom. The number of nitrogens with one attached hydrogen (secondary N) is 1. The standard InChI is InChI=1S/C13H26N2/c1-12(15-8-3-2-4-9-15)10-14-11-13-6-5-7-13/h12-14H,2-11H2,1H3. The third kappa shape index (κ3) is 3.46. The number of hydrogen-bond donors (Lipinski definition) is 1. The lowest BCUT2D eigenvalue weighted by molar-refractivity contribution is 0.167. The van der Waals surface area contributed by atoms with Crippen molar-refractivity contribution in [3.05, 3.63) is 0 Å². The van der Waals surface area contributed by atoms with Crippen molar-refractivity contribution in [1.82, 2.24) is 10.2 Å². The molecule has 1 saturated carbocycles. The first-order valence-electron chi connectivity index (χ1n) is 6.81. The van der Waals surface area contributed by atoms with Crippen LogP contribution in [0.25, 0.3) is 0 Å². The summed E-state index contributed by atoms with van der Waals surface area (Å²) in [5, 5.41) is 3.64. The number of rotatable bonds is 5. The highest BCUT2D eigenvalue weighted by molar-refractivity contribution is 4.76. The molecule has 1 atom stereocenters. The van der Waals surface area contributed by atoms with Gasteiger partial charge in [0.2, 0.25) is 0 Å². The highest BCUT2D eigenvalue weighted by atomic mass is 15.2. The van der Waals surface area contributed by atoms with Crippen LogP contribution >= 0.6 is 0 Å². The molecule has 88 valence electrons. The van der Waals surface area contributed by atoms with Crippen LogP contribution in [0.5, 0.6) is 0 Å². The zero-order valence-corrected chi connectivity index (χ0v) is 10.2. The van der Waals surface area contributed by atoms with Crippen LogP contribution in [0.3, 0.4) is 0 Å². The number of hydrogen-bond acceptors (Lipinski definition) is 2. The highest BCUT2D eigenvalue weighted by Gasteiger charge is 2.19. The van der Waals surface area contributed by atoms with Gasteiger partial charge in [0.1, 0.15) is 0 Å². The van der Waals surface area contributed by atoms with E-state index in [0.717, 1.165) is 12.0 Å². The molecular weight excluding hydrogens is 184 g/mol. The summed E-state index contributed by atoms with van der Waals surface area (Å²) in [7, 11) is 0. The van der Waals surface area contributed by atoms with E-state index in [-0.39, 0.29) is 0 Å². The van der Waals surface area contributed by atoms with Gasteiger partial charge < -0.3 is 5.32 Å². The molecule has 0 radical (unpaired) electrons. The molecule has 2 fully saturated rings. The second-order valence-corrected chi connectivity index (χ2v) is 5.40. The van der Waals surface area contributed by atoms with E-state index >= 15 is 0 Å². The normalized spacial score (nSPS) is 26.2. The molecule has 0 amide bonds. The molecule has 0 aromatic heterocycles. The third-order valence-corrected chi connectivity index (χ3v) is 4.11. The van der Waals surface area contributed by atoms with E-state index in [0.29, 0.717) is 0 Å². The second-order valence-electron chi connectivity index (χ2n) is 5.40. The largest absolute Gasteiger partial charge is 0.315 e. The lowest BCUT2D eigenvalue weighted by Crippen LogP contribution is -2.44. The molecule has 1 saturated heterocycles. The van der Waals surface area contributed by atoms with Crippen LogP contribution in [0.1, 0.15) is 45.4 Å². The minimum absolute atomic E-state index is 0.741. The second kappa shape index (κ2) is 5.86. The molecule has 2 aliphatic rings. The number of nitrogens with zero attached hydrogens (tertiary/aromatic N) is 1. The van der Waals surface area contributed by atoms with Gasteiger partial charge in [-0.1, -0.05) is 12.8 Å². The Labute approximate surface area is 94.4 Å². The average Bonchev–Trinajstić information content (AvgIpc) is 2.23. The van der Waals surface area contributed by atoms with E-state index < -0.39 is 0 Å². The quantitative estimate of drug-likeness (QED) is 0.749. The van der Waals surface area contributed by atoms with E-state index in [1.807, 2.05) is 0 Å². The molecule has 15 heavy (non-hydrogen) atoms. The molecule has 0 bridgehead atoms. The van der Waals surface area contributed by atoms with Crippen LogP contribution < -0.4 is 5.32 Å². The molecule has 0 aromatic rings. The van der Waals surface area contributed by atoms with Crippen molar-refractivity contribution >= 4 is 0 Å². The summed E-state index contributed by atoms with van der Waals surface area (Å²) >= 11 is 0. The third-order valence-electron chi connectivity index (χ3n) is 4.11. The molecule has 2 heteroatoms. The first kappa shape index (κ1) is 11.4.